The van der Waals surface area contributed by atoms with E-state index in [1.54, 1.807) is 6.92 Å². The van der Waals surface area contributed by atoms with Gasteiger partial charge in [0.1, 0.15) is 5.60 Å². The first kappa shape index (κ1) is 36.4. The summed E-state index contributed by atoms with van der Waals surface area (Å²) in [4.78, 5) is 12.4. The molecule has 0 aliphatic carbocycles. The molecular formula is C34H68O3. The molecule has 222 valence electrons. The Bertz CT molecular complexity index is 476. The zero-order valence-electron chi connectivity index (χ0n) is 25.9. The molecule has 37 heavy (non-hydrogen) atoms. The fourth-order valence-electron chi connectivity index (χ4n) is 5.26. The zero-order chi connectivity index (χ0) is 27.5. The van der Waals surface area contributed by atoms with Crippen LogP contribution in [-0.4, -0.2) is 22.8 Å². The van der Waals surface area contributed by atoms with E-state index in [2.05, 4.69) is 13.8 Å². The van der Waals surface area contributed by atoms with E-state index in [-0.39, 0.29) is 5.97 Å². The Morgan fingerprint density at radius 1 is 0.568 bits per heavy atom. The first-order chi connectivity index (χ1) is 18.0. The lowest BCUT2D eigenvalue weighted by molar-refractivity contribution is -0.170. The number of unbranched alkanes of at least 4 members (excludes halogenated alkanes) is 23. The minimum atomic E-state index is -0.744. The molecule has 0 amide bonds. The summed E-state index contributed by atoms with van der Waals surface area (Å²) in [7, 11) is 0. The van der Waals surface area contributed by atoms with Gasteiger partial charge >= 0.3 is 5.97 Å². The van der Waals surface area contributed by atoms with E-state index >= 15 is 0 Å². The molecule has 2 atom stereocenters. The number of esters is 1. The summed E-state index contributed by atoms with van der Waals surface area (Å²) in [5, 5.41) is 10.3. The molecule has 1 N–H and O–H groups in total. The van der Waals surface area contributed by atoms with E-state index in [1.165, 1.54) is 135 Å². The average molecular weight is 525 g/mol. The van der Waals surface area contributed by atoms with Crippen LogP contribution in [0.5, 0.6) is 0 Å². The number of carbonyl (C=O) groups excluding carboxylic acids is 1. The first-order valence-corrected chi connectivity index (χ1v) is 16.9. The van der Waals surface area contributed by atoms with Gasteiger partial charge in [0.2, 0.25) is 0 Å². The number of rotatable bonds is 29. The second-order valence-corrected chi connectivity index (χ2v) is 12.1. The monoisotopic (exact) mass is 525 g/mol. The standard InChI is InChI=1S/C34H68O3/c1-5-7-9-11-13-15-16-17-18-19-20-21-23-25-27-29-31-34(4,32(3)35)37-33(36)30-28-26-24-22-14-12-10-8-6-2/h32,35H,5-31H2,1-4H3. The molecular weight excluding hydrogens is 456 g/mol. The maximum Gasteiger partial charge on any atom is 0.306 e. The Hall–Kier alpha value is -0.570. The molecule has 0 fully saturated rings. The lowest BCUT2D eigenvalue weighted by Gasteiger charge is -2.32. The normalized spacial score (nSPS) is 14.0. The van der Waals surface area contributed by atoms with Gasteiger partial charge in [0.05, 0.1) is 6.10 Å². The largest absolute Gasteiger partial charge is 0.457 e. The van der Waals surface area contributed by atoms with E-state index in [4.69, 9.17) is 4.74 Å². The van der Waals surface area contributed by atoms with Gasteiger partial charge in [0.15, 0.2) is 0 Å². The van der Waals surface area contributed by atoms with E-state index in [0.29, 0.717) is 6.42 Å². The lowest BCUT2D eigenvalue weighted by Crippen LogP contribution is -2.42. The predicted molar refractivity (Wildman–Crippen MR) is 162 cm³/mol. The summed E-state index contributed by atoms with van der Waals surface area (Å²) in [6.45, 7) is 8.21. The van der Waals surface area contributed by atoms with Gasteiger partial charge in [-0.1, -0.05) is 162 Å². The Balaban J connectivity index is 3.68. The van der Waals surface area contributed by atoms with Crippen LogP contribution < -0.4 is 0 Å². The Kier molecular flexibility index (Phi) is 26.6. The van der Waals surface area contributed by atoms with Crippen molar-refractivity contribution >= 4 is 5.97 Å². The zero-order valence-corrected chi connectivity index (χ0v) is 25.9. The second-order valence-electron chi connectivity index (χ2n) is 12.1. The topological polar surface area (TPSA) is 46.5 Å². The highest BCUT2D eigenvalue weighted by molar-refractivity contribution is 5.69. The summed E-state index contributed by atoms with van der Waals surface area (Å²) in [6.07, 6.45) is 33.4. The molecule has 0 radical (unpaired) electrons. The Morgan fingerprint density at radius 2 is 0.865 bits per heavy atom. The van der Waals surface area contributed by atoms with Gasteiger partial charge in [-0.05, 0) is 33.1 Å². The molecule has 0 spiro atoms. The van der Waals surface area contributed by atoms with Crippen LogP contribution in [0.15, 0.2) is 0 Å². The van der Waals surface area contributed by atoms with Crippen LogP contribution in [-0.2, 0) is 9.53 Å². The molecule has 0 aromatic heterocycles. The van der Waals surface area contributed by atoms with Crippen molar-refractivity contribution in [2.45, 2.75) is 213 Å². The highest BCUT2D eigenvalue weighted by Crippen LogP contribution is 2.25. The number of ether oxygens (including phenoxy) is 1. The van der Waals surface area contributed by atoms with Crippen molar-refractivity contribution < 1.29 is 14.6 Å². The maximum absolute atomic E-state index is 12.4. The molecule has 0 saturated carbocycles. The smallest absolute Gasteiger partial charge is 0.306 e. The highest BCUT2D eigenvalue weighted by atomic mass is 16.6. The molecule has 0 aliphatic heterocycles. The van der Waals surface area contributed by atoms with Crippen LogP contribution in [0.4, 0.5) is 0 Å². The average Bonchev–Trinajstić information content (AvgIpc) is 2.87. The Labute approximate surface area is 233 Å². The molecule has 3 heteroatoms. The number of carbonyl (C=O) groups is 1. The summed E-state index contributed by atoms with van der Waals surface area (Å²) < 4.78 is 5.81. The van der Waals surface area contributed by atoms with Gasteiger partial charge in [0.25, 0.3) is 0 Å². The molecule has 3 nitrogen and oxygen atoms in total. The minimum Gasteiger partial charge on any atom is -0.457 e. The number of aliphatic hydroxyl groups is 1. The third-order valence-electron chi connectivity index (χ3n) is 8.24. The van der Waals surface area contributed by atoms with Crippen molar-refractivity contribution in [1.82, 2.24) is 0 Å². The van der Waals surface area contributed by atoms with Crippen LogP contribution in [0.2, 0.25) is 0 Å². The fourth-order valence-corrected chi connectivity index (χ4v) is 5.26. The van der Waals surface area contributed by atoms with Crippen molar-refractivity contribution in [3.63, 3.8) is 0 Å². The van der Waals surface area contributed by atoms with Crippen LogP contribution >= 0.6 is 0 Å². The van der Waals surface area contributed by atoms with Crippen LogP contribution in [0.1, 0.15) is 201 Å². The van der Waals surface area contributed by atoms with Gasteiger partial charge in [0, 0.05) is 6.42 Å². The van der Waals surface area contributed by atoms with Gasteiger partial charge in [-0.2, -0.15) is 0 Å². The molecule has 0 aromatic carbocycles. The highest BCUT2D eigenvalue weighted by Gasteiger charge is 2.33. The maximum atomic E-state index is 12.4. The number of aliphatic hydroxyl groups excluding tert-OH is 1. The van der Waals surface area contributed by atoms with Crippen molar-refractivity contribution in [3.8, 4) is 0 Å². The van der Waals surface area contributed by atoms with Crippen molar-refractivity contribution in [3.05, 3.63) is 0 Å². The van der Waals surface area contributed by atoms with Crippen LogP contribution in [0.3, 0.4) is 0 Å². The molecule has 0 rings (SSSR count). The minimum absolute atomic E-state index is 0.136. The molecule has 0 heterocycles. The molecule has 0 aliphatic rings. The lowest BCUT2D eigenvalue weighted by atomic mass is 9.92. The van der Waals surface area contributed by atoms with Crippen molar-refractivity contribution in [2.24, 2.45) is 0 Å². The third kappa shape index (κ3) is 24.2. The molecule has 0 aromatic rings. The summed E-state index contributed by atoms with van der Waals surface area (Å²) in [5.74, 6) is -0.136. The van der Waals surface area contributed by atoms with E-state index in [0.717, 1.165) is 32.1 Å². The molecule has 0 bridgehead atoms. The van der Waals surface area contributed by atoms with Crippen LogP contribution in [0, 0.1) is 0 Å². The van der Waals surface area contributed by atoms with Gasteiger partial charge < -0.3 is 9.84 Å². The fraction of sp³-hybridized carbons (Fsp3) is 0.971. The summed E-state index contributed by atoms with van der Waals surface area (Å²) >= 11 is 0. The number of hydrogen-bond donors (Lipinski definition) is 1. The van der Waals surface area contributed by atoms with Crippen molar-refractivity contribution in [2.75, 3.05) is 0 Å². The van der Waals surface area contributed by atoms with E-state index in [1.807, 2.05) is 6.92 Å². The Morgan fingerprint density at radius 3 is 1.19 bits per heavy atom. The SMILES string of the molecule is CCCCCCCCCCCCCCCCCCC(C)(OC(=O)CCCCCCCCCCC)C(C)O. The van der Waals surface area contributed by atoms with Crippen LogP contribution in [0.25, 0.3) is 0 Å². The number of hydrogen-bond acceptors (Lipinski definition) is 3. The predicted octanol–water partition coefficient (Wildman–Crippen LogP) is 11.2. The summed E-state index contributed by atoms with van der Waals surface area (Å²) in [5.41, 5.74) is -0.744. The summed E-state index contributed by atoms with van der Waals surface area (Å²) in [6, 6.07) is 0. The van der Waals surface area contributed by atoms with Gasteiger partial charge in [-0.15, -0.1) is 0 Å². The van der Waals surface area contributed by atoms with Gasteiger partial charge in [-0.25, -0.2) is 0 Å². The molecule has 2 unspecified atom stereocenters. The quantitative estimate of drug-likeness (QED) is 0.0781. The molecule has 0 saturated heterocycles. The van der Waals surface area contributed by atoms with E-state index < -0.39 is 11.7 Å². The van der Waals surface area contributed by atoms with Crippen molar-refractivity contribution in [1.29, 1.82) is 0 Å². The third-order valence-corrected chi connectivity index (χ3v) is 8.24. The van der Waals surface area contributed by atoms with E-state index in [9.17, 15) is 9.90 Å². The first-order valence-electron chi connectivity index (χ1n) is 16.9. The van der Waals surface area contributed by atoms with Gasteiger partial charge in [-0.3, -0.25) is 4.79 Å². The second kappa shape index (κ2) is 27.0.